The predicted molar refractivity (Wildman–Crippen MR) is 71.9 cm³/mol. The van der Waals surface area contributed by atoms with Crippen molar-refractivity contribution in [2.24, 2.45) is 5.92 Å². The Morgan fingerprint density at radius 3 is 2.75 bits per heavy atom. The van der Waals surface area contributed by atoms with Gasteiger partial charge in [0.15, 0.2) is 12.1 Å². The van der Waals surface area contributed by atoms with E-state index in [1.807, 2.05) is 19.9 Å². The van der Waals surface area contributed by atoms with Gasteiger partial charge in [0.05, 0.1) is 12.7 Å². The molecule has 0 unspecified atom stereocenters. The Labute approximate surface area is 119 Å². The molecule has 5 heteroatoms. The molecule has 0 spiro atoms. The highest BCUT2D eigenvalue weighted by molar-refractivity contribution is 5.32. The van der Waals surface area contributed by atoms with Crippen LogP contribution in [0.5, 0.6) is 0 Å². The molecule has 0 radical (unpaired) electrons. The Balaban J connectivity index is 1.96. The van der Waals surface area contributed by atoms with E-state index in [9.17, 15) is 5.11 Å². The summed E-state index contributed by atoms with van der Waals surface area (Å²) >= 11 is 0. The molecule has 3 rings (SSSR count). The summed E-state index contributed by atoms with van der Waals surface area (Å²) in [6.07, 6.45) is 1.68. The molecule has 0 bridgehead atoms. The molecule has 0 aromatic carbocycles. The summed E-state index contributed by atoms with van der Waals surface area (Å²) in [4.78, 5) is 0. The molecule has 1 saturated carbocycles. The van der Waals surface area contributed by atoms with Crippen LogP contribution in [0, 0.1) is 5.92 Å². The first-order chi connectivity index (χ1) is 9.45. The molecular formula is C15H22O5. The largest absolute Gasteiger partial charge is 0.394 e. The number of hydrogen-bond acceptors (Lipinski definition) is 5. The molecule has 1 saturated heterocycles. The lowest BCUT2D eigenvalue weighted by atomic mass is 9.74. The first-order valence-corrected chi connectivity index (χ1v) is 6.99. The van der Waals surface area contributed by atoms with Crippen LogP contribution in [0.2, 0.25) is 0 Å². The second kappa shape index (κ2) is 4.93. The van der Waals surface area contributed by atoms with E-state index in [1.54, 1.807) is 7.11 Å². The number of methoxy groups -OCH3 is 1. The number of fused-ring (bicyclic) bond motifs is 3. The first kappa shape index (κ1) is 14.2. The summed E-state index contributed by atoms with van der Waals surface area (Å²) in [6.45, 7) is 7.89. The third-order valence-corrected chi connectivity index (χ3v) is 4.24. The topological polar surface area (TPSA) is 57.2 Å². The first-order valence-electron chi connectivity index (χ1n) is 6.99. The van der Waals surface area contributed by atoms with E-state index in [0.29, 0.717) is 0 Å². The average Bonchev–Trinajstić information content (AvgIpc) is 2.74. The van der Waals surface area contributed by atoms with E-state index >= 15 is 0 Å². The normalized spacial score (nSPS) is 42.9. The summed E-state index contributed by atoms with van der Waals surface area (Å²) in [6, 6.07) is 0. The van der Waals surface area contributed by atoms with E-state index in [1.165, 1.54) is 0 Å². The van der Waals surface area contributed by atoms with E-state index in [4.69, 9.17) is 18.9 Å². The minimum Gasteiger partial charge on any atom is -0.394 e. The van der Waals surface area contributed by atoms with Gasteiger partial charge in [-0.2, -0.15) is 0 Å². The van der Waals surface area contributed by atoms with Crippen molar-refractivity contribution in [3.8, 4) is 0 Å². The van der Waals surface area contributed by atoms with Gasteiger partial charge in [-0.3, -0.25) is 0 Å². The summed E-state index contributed by atoms with van der Waals surface area (Å²) in [5, 5.41) is 9.56. The molecule has 0 aromatic heterocycles. The van der Waals surface area contributed by atoms with Gasteiger partial charge >= 0.3 is 0 Å². The highest BCUT2D eigenvalue weighted by Crippen LogP contribution is 2.47. The van der Waals surface area contributed by atoms with Crippen molar-refractivity contribution < 1.29 is 24.1 Å². The van der Waals surface area contributed by atoms with Gasteiger partial charge in [-0.25, -0.2) is 0 Å². The van der Waals surface area contributed by atoms with Crippen molar-refractivity contribution in [2.75, 3.05) is 13.7 Å². The molecule has 5 nitrogen and oxygen atoms in total. The highest BCUT2D eigenvalue weighted by atomic mass is 16.8. The average molecular weight is 282 g/mol. The van der Waals surface area contributed by atoms with E-state index in [2.05, 4.69) is 6.58 Å². The van der Waals surface area contributed by atoms with E-state index in [-0.39, 0.29) is 30.8 Å². The number of ether oxygens (including phenoxy) is 4. The lowest BCUT2D eigenvalue weighted by Crippen LogP contribution is -2.46. The Hall–Kier alpha value is -0.720. The summed E-state index contributed by atoms with van der Waals surface area (Å²) in [5.41, 5.74) is 2.10. The molecule has 2 heterocycles. The fourth-order valence-electron chi connectivity index (χ4n) is 3.35. The maximum absolute atomic E-state index is 9.56. The molecular weight excluding hydrogens is 260 g/mol. The van der Waals surface area contributed by atoms with Crippen LogP contribution >= 0.6 is 0 Å². The van der Waals surface area contributed by atoms with Crippen molar-refractivity contribution in [3.63, 3.8) is 0 Å². The predicted octanol–water partition coefficient (Wildman–Crippen LogP) is 1.37. The van der Waals surface area contributed by atoms with Gasteiger partial charge in [-0.1, -0.05) is 6.58 Å². The number of aliphatic hydroxyl groups is 1. The molecule has 112 valence electrons. The molecule has 1 N–H and O–H groups in total. The van der Waals surface area contributed by atoms with Crippen molar-refractivity contribution in [2.45, 2.75) is 50.7 Å². The van der Waals surface area contributed by atoms with Crippen LogP contribution in [0.4, 0.5) is 0 Å². The third kappa shape index (κ3) is 2.23. The van der Waals surface area contributed by atoms with Gasteiger partial charge in [0, 0.05) is 13.0 Å². The standard InChI is InChI=1S/C15H22O5/c1-8-5-9-10(6-12(17-4)18-11(9)7-16)14-13(8)19-15(2,3)20-14/h6,9,11-14,16H,1,5,7H2,2-4H3/t9-,11+,12-,13-,14+/m0/s1. The highest BCUT2D eigenvalue weighted by Gasteiger charge is 2.51. The lowest BCUT2D eigenvalue weighted by molar-refractivity contribution is -0.165. The van der Waals surface area contributed by atoms with Crippen molar-refractivity contribution in [1.82, 2.24) is 0 Å². The van der Waals surface area contributed by atoms with Crippen LogP contribution in [0.15, 0.2) is 23.8 Å². The molecule has 1 aliphatic carbocycles. The van der Waals surface area contributed by atoms with Gasteiger partial charge in [0.25, 0.3) is 0 Å². The van der Waals surface area contributed by atoms with Gasteiger partial charge in [0.2, 0.25) is 0 Å². The molecule has 5 atom stereocenters. The molecule has 0 amide bonds. The van der Waals surface area contributed by atoms with Crippen LogP contribution < -0.4 is 0 Å². The monoisotopic (exact) mass is 282 g/mol. The number of rotatable bonds is 2. The fraction of sp³-hybridized carbons (Fsp3) is 0.733. The van der Waals surface area contributed by atoms with Gasteiger partial charge in [-0.05, 0) is 37.5 Å². The molecule has 0 aromatic rings. The summed E-state index contributed by atoms with van der Waals surface area (Å²) in [7, 11) is 1.59. The van der Waals surface area contributed by atoms with Gasteiger partial charge in [-0.15, -0.1) is 0 Å². The molecule has 2 fully saturated rings. The van der Waals surface area contributed by atoms with Gasteiger partial charge in [0.1, 0.15) is 12.2 Å². The van der Waals surface area contributed by atoms with Crippen molar-refractivity contribution >= 4 is 0 Å². The molecule has 3 aliphatic rings. The Morgan fingerprint density at radius 2 is 2.10 bits per heavy atom. The van der Waals surface area contributed by atoms with Crippen molar-refractivity contribution in [1.29, 1.82) is 0 Å². The fourth-order valence-corrected chi connectivity index (χ4v) is 3.35. The zero-order valence-electron chi connectivity index (χ0n) is 12.2. The van der Waals surface area contributed by atoms with Crippen LogP contribution in [0.25, 0.3) is 0 Å². The Kier molecular flexibility index (Phi) is 3.51. The van der Waals surface area contributed by atoms with Crippen molar-refractivity contribution in [3.05, 3.63) is 23.8 Å². The second-order valence-corrected chi connectivity index (χ2v) is 6.07. The number of aliphatic hydroxyl groups excluding tert-OH is 1. The summed E-state index contributed by atoms with van der Waals surface area (Å²) in [5.74, 6) is -0.540. The third-order valence-electron chi connectivity index (χ3n) is 4.24. The summed E-state index contributed by atoms with van der Waals surface area (Å²) < 4.78 is 23.0. The Morgan fingerprint density at radius 1 is 1.40 bits per heavy atom. The lowest BCUT2D eigenvalue weighted by Gasteiger charge is -2.42. The van der Waals surface area contributed by atoms with E-state index < -0.39 is 12.1 Å². The minimum atomic E-state index is -0.621. The maximum Gasteiger partial charge on any atom is 0.177 e. The minimum absolute atomic E-state index is 0.0449. The maximum atomic E-state index is 9.56. The Bertz CT molecular complexity index is 442. The van der Waals surface area contributed by atoms with E-state index in [0.717, 1.165) is 17.6 Å². The van der Waals surface area contributed by atoms with Crippen LogP contribution in [-0.4, -0.2) is 49.2 Å². The van der Waals surface area contributed by atoms with Crippen LogP contribution in [0.3, 0.4) is 0 Å². The smallest absolute Gasteiger partial charge is 0.177 e. The zero-order valence-corrected chi connectivity index (χ0v) is 12.2. The second-order valence-electron chi connectivity index (χ2n) is 6.07. The zero-order chi connectivity index (χ0) is 14.5. The molecule has 2 aliphatic heterocycles. The molecule has 20 heavy (non-hydrogen) atoms. The number of hydrogen-bond donors (Lipinski definition) is 1. The van der Waals surface area contributed by atoms with Gasteiger partial charge < -0.3 is 24.1 Å². The quantitative estimate of drug-likeness (QED) is 0.775. The van der Waals surface area contributed by atoms with Crippen LogP contribution in [-0.2, 0) is 18.9 Å². The SMILES string of the molecule is C=C1C[C@H]2C(=C[C@@H](OC)O[C@@H]2CO)[C@H]2OC(C)(C)O[C@@H]12. The van der Waals surface area contributed by atoms with Crippen LogP contribution in [0.1, 0.15) is 20.3 Å².